The standard InChI is InChI=1S/C17H26N2O3/c1-17(2,12-20)10-5-11-18-15(21)13-6-8-14(9-7-13)16(22)19(3)4/h6-9,20H,5,10-12H2,1-4H3,(H,18,21). The van der Waals surface area contributed by atoms with Gasteiger partial charge in [-0.3, -0.25) is 9.59 Å². The molecular formula is C17H26N2O3. The van der Waals surface area contributed by atoms with E-state index in [0.29, 0.717) is 17.7 Å². The zero-order chi connectivity index (χ0) is 16.8. The van der Waals surface area contributed by atoms with E-state index in [-0.39, 0.29) is 23.8 Å². The Kier molecular flexibility index (Phi) is 6.56. The highest BCUT2D eigenvalue weighted by molar-refractivity contribution is 5.97. The summed E-state index contributed by atoms with van der Waals surface area (Å²) in [7, 11) is 3.38. The van der Waals surface area contributed by atoms with Gasteiger partial charge in [0.05, 0.1) is 0 Å². The van der Waals surface area contributed by atoms with Crippen LogP contribution in [-0.4, -0.2) is 49.1 Å². The highest BCUT2D eigenvalue weighted by atomic mass is 16.3. The summed E-state index contributed by atoms with van der Waals surface area (Å²) in [5.74, 6) is -0.233. The van der Waals surface area contributed by atoms with E-state index >= 15 is 0 Å². The maximum Gasteiger partial charge on any atom is 0.253 e. The predicted octanol–water partition coefficient (Wildman–Crippen LogP) is 1.92. The van der Waals surface area contributed by atoms with Crippen molar-refractivity contribution in [3.05, 3.63) is 35.4 Å². The topological polar surface area (TPSA) is 69.6 Å². The first-order valence-corrected chi connectivity index (χ1v) is 7.47. The van der Waals surface area contributed by atoms with Crippen molar-refractivity contribution in [1.82, 2.24) is 10.2 Å². The number of nitrogens with one attached hydrogen (secondary N) is 1. The minimum absolute atomic E-state index is 0.0850. The molecule has 0 atom stereocenters. The minimum Gasteiger partial charge on any atom is -0.396 e. The lowest BCUT2D eigenvalue weighted by atomic mass is 9.89. The summed E-state index contributed by atoms with van der Waals surface area (Å²) in [6.07, 6.45) is 1.66. The molecule has 2 amide bonds. The number of carbonyl (C=O) groups excluding carboxylic acids is 2. The maximum absolute atomic E-state index is 12.0. The second-order valence-electron chi connectivity index (χ2n) is 6.46. The van der Waals surface area contributed by atoms with Crippen LogP contribution >= 0.6 is 0 Å². The number of hydrogen-bond acceptors (Lipinski definition) is 3. The molecule has 0 aliphatic heterocycles. The van der Waals surface area contributed by atoms with E-state index in [9.17, 15) is 14.7 Å². The maximum atomic E-state index is 12.0. The van der Waals surface area contributed by atoms with E-state index in [0.717, 1.165) is 12.8 Å². The molecule has 0 heterocycles. The van der Waals surface area contributed by atoms with Crippen molar-refractivity contribution in [3.8, 4) is 0 Å². The third-order valence-electron chi connectivity index (χ3n) is 3.54. The van der Waals surface area contributed by atoms with Gasteiger partial charge in [0.1, 0.15) is 0 Å². The minimum atomic E-state index is -0.148. The first-order valence-electron chi connectivity index (χ1n) is 7.47. The Hall–Kier alpha value is -1.88. The van der Waals surface area contributed by atoms with Gasteiger partial charge in [-0.2, -0.15) is 0 Å². The van der Waals surface area contributed by atoms with Crippen LogP contribution in [0.25, 0.3) is 0 Å². The number of carbonyl (C=O) groups is 2. The average Bonchev–Trinajstić information content (AvgIpc) is 2.50. The van der Waals surface area contributed by atoms with E-state index in [1.165, 1.54) is 4.90 Å². The van der Waals surface area contributed by atoms with Crippen LogP contribution in [0.4, 0.5) is 0 Å². The zero-order valence-corrected chi connectivity index (χ0v) is 13.8. The van der Waals surface area contributed by atoms with Gasteiger partial charge in [0.2, 0.25) is 0 Å². The highest BCUT2D eigenvalue weighted by Gasteiger charge is 2.16. The summed E-state index contributed by atoms with van der Waals surface area (Å²) in [5.41, 5.74) is 0.988. The van der Waals surface area contributed by atoms with Crippen molar-refractivity contribution < 1.29 is 14.7 Å². The summed E-state index contributed by atoms with van der Waals surface area (Å²) in [6.45, 7) is 4.70. The van der Waals surface area contributed by atoms with Crippen LogP contribution in [0.5, 0.6) is 0 Å². The first-order chi connectivity index (χ1) is 10.3. The molecule has 1 aromatic carbocycles. The summed E-state index contributed by atoms with van der Waals surface area (Å²) >= 11 is 0. The quantitative estimate of drug-likeness (QED) is 0.756. The number of aliphatic hydroxyl groups excluding tert-OH is 1. The first kappa shape index (κ1) is 18.2. The molecule has 5 nitrogen and oxygen atoms in total. The van der Waals surface area contributed by atoms with Crippen LogP contribution in [0.2, 0.25) is 0 Å². The molecule has 0 unspecified atom stereocenters. The van der Waals surface area contributed by atoms with Crippen LogP contribution in [0.1, 0.15) is 47.4 Å². The van der Waals surface area contributed by atoms with Crippen molar-refractivity contribution in [2.24, 2.45) is 5.41 Å². The monoisotopic (exact) mass is 306 g/mol. The van der Waals surface area contributed by atoms with E-state index in [2.05, 4.69) is 5.32 Å². The molecule has 122 valence electrons. The zero-order valence-electron chi connectivity index (χ0n) is 13.8. The molecule has 1 rings (SSSR count). The largest absolute Gasteiger partial charge is 0.396 e. The van der Waals surface area contributed by atoms with Crippen LogP contribution in [-0.2, 0) is 0 Å². The van der Waals surface area contributed by atoms with Gasteiger partial charge in [-0.25, -0.2) is 0 Å². The second-order valence-corrected chi connectivity index (χ2v) is 6.46. The lowest BCUT2D eigenvalue weighted by Crippen LogP contribution is -2.26. The lowest BCUT2D eigenvalue weighted by molar-refractivity contribution is 0.0826. The Morgan fingerprint density at radius 2 is 1.68 bits per heavy atom. The highest BCUT2D eigenvalue weighted by Crippen LogP contribution is 2.20. The smallest absolute Gasteiger partial charge is 0.253 e. The molecule has 5 heteroatoms. The average molecular weight is 306 g/mol. The van der Waals surface area contributed by atoms with Crippen molar-refractivity contribution >= 4 is 11.8 Å². The molecular weight excluding hydrogens is 280 g/mol. The van der Waals surface area contributed by atoms with Crippen molar-refractivity contribution in [2.75, 3.05) is 27.2 Å². The van der Waals surface area contributed by atoms with Gasteiger partial charge < -0.3 is 15.3 Å². The van der Waals surface area contributed by atoms with Gasteiger partial charge in [0, 0.05) is 38.4 Å². The second kappa shape index (κ2) is 7.94. The molecule has 0 bridgehead atoms. The lowest BCUT2D eigenvalue weighted by Gasteiger charge is -2.21. The fourth-order valence-corrected chi connectivity index (χ4v) is 1.97. The van der Waals surface area contributed by atoms with Crippen LogP contribution in [0.3, 0.4) is 0 Å². The fraction of sp³-hybridized carbons (Fsp3) is 0.529. The molecule has 22 heavy (non-hydrogen) atoms. The number of benzene rings is 1. The van der Waals surface area contributed by atoms with Crippen molar-refractivity contribution in [3.63, 3.8) is 0 Å². The van der Waals surface area contributed by atoms with Gasteiger partial charge in [0.25, 0.3) is 11.8 Å². The summed E-state index contributed by atoms with van der Waals surface area (Å²) in [5, 5.41) is 12.0. The van der Waals surface area contributed by atoms with Gasteiger partial charge in [-0.1, -0.05) is 13.8 Å². The molecule has 1 aromatic rings. The number of rotatable bonds is 7. The third-order valence-corrected chi connectivity index (χ3v) is 3.54. The van der Waals surface area contributed by atoms with Gasteiger partial charge in [-0.05, 0) is 42.5 Å². The summed E-state index contributed by atoms with van der Waals surface area (Å²) in [6, 6.07) is 6.63. The third kappa shape index (κ3) is 5.48. The van der Waals surface area contributed by atoms with Crippen LogP contribution < -0.4 is 5.32 Å². The molecule has 0 aliphatic carbocycles. The van der Waals surface area contributed by atoms with E-state index < -0.39 is 0 Å². The normalized spacial score (nSPS) is 11.1. The number of aliphatic hydroxyl groups is 1. The van der Waals surface area contributed by atoms with E-state index in [1.807, 2.05) is 13.8 Å². The number of nitrogens with zero attached hydrogens (tertiary/aromatic N) is 1. The summed E-state index contributed by atoms with van der Waals surface area (Å²) < 4.78 is 0. The Labute approximate surface area is 132 Å². The predicted molar refractivity (Wildman–Crippen MR) is 86.9 cm³/mol. The molecule has 0 saturated carbocycles. The molecule has 0 aliphatic rings. The molecule has 0 aromatic heterocycles. The Morgan fingerprint density at radius 3 is 2.18 bits per heavy atom. The molecule has 0 spiro atoms. The van der Waals surface area contributed by atoms with Gasteiger partial charge in [0.15, 0.2) is 0 Å². The number of hydrogen-bond donors (Lipinski definition) is 2. The fourth-order valence-electron chi connectivity index (χ4n) is 1.97. The molecule has 0 fully saturated rings. The van der Waals surface area contributed by atoms with Crippen LogP contribution in [0, 0.1) is 5.41 Å². The Bertz CT molecular complexity index is 507. The SMILES string of the molecule is CN(C)C(=O)c1ccc(C(=O)NCCCC(C)(C)CO)cc1. The summed E-state index contributed by atoms with van der Waals surface area (Å²) in [4.78, 5) is 25.3. The Morgan fingerprint density at radius 1 is 1.14 bits per heavy atom. The molecule has 2 N–H and O–H groups in total. The molecule has 0 radical (unpaired) electrons. The Balaban J connectivity index is 2.48. The van der Waals surface area contributed by atoms with Gasteiger partial charge >= 0.3 is 0 Å². The van der Waals surface area contributed by atoms with Crippen LogP contribution in [0.15, 0.2) is 24.3 Å². The number of amides is 2. The van der Waals surface area contributed by atoms with Crippen molar-refractivity contribution in [2.45, 2.75) is 26.7 Å². The van der Waals surface area contributed by atoms with E-state index in [4.69, 9.17) is 0 Å². The van der Waals surface area contributed by atoms with Crippen molar-refractivity contribution in [1.29, 1.82) is 0 Å². The van der Waals surface area contributed by atoms with Gasteiger partial charge in [-0.15, -0.1) is 0 Å². The van der Waals surface area contributed by atoms with E-state index in [1.54, 1.807) is 38.4 Å². The molecule has 0 saturated heterocycles.